The first-order valence-electron chi connectivity index (χ1n) is 24.5. The van der Waals surface area contributed by atoms with Crippen molar-refractivity contribution in [2.75, 3.05) is 6.54 Å². The number of aromatic nitrogens is 2. The molecule has 1 saturated heterocycles. The minimum atomic E-state index is -0.258. The fourth-order valence-corrected chi connectivity index (χ4v) is 16.4. The molecule has 7 fully saturated rings. The van der Waals surface area contributed by atoms with Crippen molar-refractivity contribution in [3.05, 3.63) is 78.2 Å². The first kappa shape index (κ1) is 42.0. The molecule has 6 aliphatic carbocycles. The standard InChI is InChI=1S/C54H71N3O5/c1-34-37(47(58)61-33-35-15-9-7-10-16-35)31-38(34)48(59)62-45-24-26-51(4)43(50(45,2)3)23-27-53(6)44(51)22-21-39-40-19-13-25-54(40,29-28-52(39,53)5)49(60)57-30-14-20-42(57)46-55-32-41(56-46)36-17-11-8-12-18-36/h7-12,15-18,32,34,37-40,42-45H,13-14,19-31,33H2,1-6H3,(H,55,56)/t34?,37?,38?,39?,40?,42?,43?,44?,45?,51?,52-,53?,54?/m1/s1. The fourth-order valence-electron chi connectivity index (χ4n) is 16.4. The van der Waals surface area contributed by atoms with Crippen molar-refractivity contribution in [1.82, 2.24) is 14.9 Å². The first-order valence-corrected chi connectivity index (χ1v) is 24.5. The Morgan fingerprint density at radius 1 is 0.742 bits per heavy atom. The summed E-state index contributed by atoms with van der Waals surface area (Å²) in [4.78, 5) is 52.8. The number of carbonyl (C=O) groups excluding carboxylic acids is 3. The number of benzene rings is 2. The number of carbonyl (C=O) groups is 3. The molecule has 7 aliphatic rings. The summed E-state index contributed by atoms with van der Waals surface area (Å²) in [7, 11) is 0. The largest absolute Gasteiger partial charge is 0.462 e. The summed E-state index contributed by atoms with van der Waals surface area (Å²) in [5, 5.41) is 0. The number of H-pyrrole nitrogens is 1. The van der Waals surface area contributed by atoms with Gasteiger partial charge < -0.3 is 19.4 Å². The molecular weight excluding hydrogens is 771 g/mol. The zero-order valence-corrected chi connectivity index (χ0v) is 38.3. The minimum Gasteiger partial charge on any atom is -0.462 e. The van der Waals surface area contributed by atoms with Crippen LogP contribution in [-0.2, 0) is 30.5 Å². The van der Waals surface area contributed by atoms with Gasteiger partial charge in [-0.15, -0.1) is 0 Å². The lowest BCUT2D eigenvalue weighted by atomic mass is 9.32. The van der Waals surface area contributed by atoms with Crippen LogP contribution in [0.5, 0.6) is 0 Å². The number of aromatic amines is 1. The van der Waals surface area contributed by atoms with Crippen LogP contribution in [-0.4, -0.2) is 45.4 Å². The van der Waals surface area contributed by atoms with E-state index in [1.54, 1.807) is 0 Å². The summed E-state index contributed by atoms with van der Waals surface area (Å²) in [6.07, 6.45) is 16.6. The van der Waals surface area contributed by atoms with Gasteiger partial charge in [-0.2, -0.15) is 0 Å². The van der Waals surface area contributed by atoms with Crippen LogP contribution >= 0.6 is 0 Å². The number of likely N-dealkylation sites (tertiary alicyclic amines) is 1. The molecule has 10 rings (SSSR count). The summed E-state index contributed by atoms with van der Waals surface area (Å²) < 4.78 is 12.2. The van der Waals surface area contributed by atoms with E-state index in [1.807, 2.05) is 49.5 Å². The monoisotopic (exact) mass is 842 g/mol. The van der Waals surface area contributed by atoms with Gasteiger partial charge in [0.1, 0.15) is 18.5 Å². The molecule has 1 aliphatic heterocycles. The normalized spacial score (nSPS) is 40.5. The summed E-state index contributed by atoms with van der Waals surface area (Å²) in [6, 6.07) is 20.2. The molecule has 8 nitrogen and oxygen atoms in total. The van der Waals surface area contributed by atoms with Crippen LogP contribution < -0.4 is 0 Å². The van der Waals surface area contributed by atoms with Gasteiger partial charge in [-0.3, -0.25) is 14.4 Å². The molecule has 12 unspecified atom stereocenters. The maximum Gasteiger partial charge on any atom is 0.309 e. The Hall–Kier alpha value is -3.94. The third-order valence-corrected chi connectivity index (χ3v) is 20.1. The average Bonchev–Trinajstić information content (AvgIpc) is 4.05. The Bertz CT molecular complexity index is 2170. The number of hydrogen-bond donors (Lipinski definition) is 1. The zero-order chi connectivity index (χ0) is 43.2. The predicted molar refractivity (Wildman–Crippen MR) is 240 cm³/mol. The molecule has 0 spiro atoms. The molecule has 332 valence electrons. The lowest BCUT2D eigenvalue weighted by Gasteiger charge is -2.72. The highest BCUT2D eigenvalue weighted by Crippen LogP contribution is 2.77. The van der Waals surface area contributed by atoms with E-state index >= 15 is 4.79 Å². The number of ether oxygens (including phenoxy) is 2. The van der Waals surface area contributed by atoms with E-state index in [4.69, 9.17) is 14.5 Å². The van der Waals surface area contributed by atoms with Crippen LogP contribution in [0, 0.1) is 68.5 Å². The second-order valence-corrected chi connectivity index (χ2v) is 22.7. The van der Waals surface area contributed by atoms with Crippen LogP contribution in [0.25, 0.3) is 11.3 Å². The topological polar surface area (TPSA) is 102 Å². The maximum atomic E-state index is 15.3. The summed E-state index contributed by atoms with van der Waals surface area (Å²) in [6.45, 7) is 15.8. The highest BCUT2D eigenvalue weighted by molar-refractivity contribution is 5.84. The zero-order valence-electron chi connectivity index (χ0n) is 38.3. The van der Waals surface area contributed by atoms with Crippen molar-refractivity contribution in [3.63, 3.8) is 0 Å². The van der Waals surface area contributed by atoms with E-state index in [0.29, 0.717) is 36.0 Å². The lowest BCUT2D eigenvalue weighted by Crippen LogP contribution is -2.67. The molecule has 1 N–H and O–H groups in total. The van der Waals surface area contributed by atoms with Crippen LogP contribution in [0.4, 0.5) is 0 Å². The van der Waals surface area contributed by atoms with Crippen molar-refractivity contribution in [1.29, 1.82) is 0 Å². The van der Waals surface area contributed by atoms with Crippen LogP contribution in [0.1, 0.15) is 149 Å². The van der Waals surface area contributed by atoms with Crippen molar-refractivity contribution in [3.8, 4) is 11.3 Å². The number of rotatable bonds is 8. The Morgan fingerprint density at radius 3 is 2.24 bits per heavy atom. The van der Waals surface area contributed by atoms with E-state index < -0.39 is 0 Å². The smallest absolute Gasteiger partial charge is 0.309 e. The molecular formula is C54H71N3O5. The molecule has 0 bridgehead atoms. The van der Waals surface area contributed by atoms with E-state index in [1.165, 1.54) is 25.7 Å². The SMILES string of the molecule is CC1C(C(=O)OCc2ccccc2)CC1C(=O)OC1CCC2(C)C(CCC3(C)C2CCC2C4CCCC4(C(=O)N4CCCC4c4ncc(-c5ccccc5)[nH]4)CC[C@]23C)C1(C)C. The van der Waals surface area contributed by atoms with Gasteiger partial charge in [-0.05, 0) is 140 Å². The van der Waals surface area contributed by atoms with E-state index in [9.17, 15) is 9.59 Å². The van der Waals surface area contributed by atoms with Gasteiger partial charge in [0, 0.05) is 12.0 Å². The van der Waals surface area contributed by atoms with Gasteiger partial charge in [0.15, 0.2) is 0 Å². The lowest BCUT2D eigenvalue weighted by molar-refractivity contribution is -0.249. The molecule has 8 heteroatoms. The Labute approximate surface area is 370 Å². The predicted octanol–water partition coefficient (Wildman–Crippen LogP) is 11.5. The van der Waals surface area contributed by atoms with Crippen molar-refractivity contribution in [2.45, 2.75) is 150 Å². The molecule has 62 heavy (non-hydrogen) atoms. The van der Waals surface area contributed by atoms with E-state index in [0.717, 1.165) is 87.0 Å². The summed E-state index contributed by atoms with van der Waals surface area (Å²) in [5.74, 6) is 2.50. The van der Waals surface area contributed by atoms with Crippen molar-refractivity contribution in [2.24, 2.45) is 68.5 Å². The van der Waals surface area contributed by atoms with Crippen LogP contribution in [0.2, 0.25) is 0 Å². The van der Waals surface area contributed by atoms with Crippen molar-refractivity contribution >= 4 is 17.8 Å². The number of imidazole rings is 1. The van der Waals surface area contributed by atoms with E-state index in [-0.39, 0.29) is 75.5 Å². The molecule has 2 heterocycles. The molecule has 6 saturated carbocycles. The summed E-state index contributed by atoms with van der Waals surface area (Å²) in [5.41, 5.74) is 3.26. The second-order valence-electron chi connectivity index (χ2n) is 22.7. The average molecular weight is 842 g/mol. The second kappa shape index (κ2) is 15.4. The van der Waals surface area contributed by atoms with Gasteiger partial charge in [0.05, 0.1) is 35.2 Å². The number of esters is 2. The summed E-state index contributed by atoms with van der Waals surface area (Å²) >= 11 is 0. The third kappa shape index (κ3) is 6.31. The quantitative estimate of drug-likeness (QED) is 0.227. The first-order chi connectivity index (χ1) is 29.7. The Kier molecular flexibility index (Phi) is 10.4. The molecule has 1 aromatic heterocycles. The Morgan fingerprint density at radius 2 is 1.48 bits per heavy atom. The highest BCUT2D eigenvalue weighted by atomic mass is 16.5. The molecule has 3 aromatic rings. The van der Waals surface area contributed by atoms with Gasteiger partial charge in [0.2, 0.25) is 5.91 Å². The van der Waals surface area contributed by atoms with Gasteiger partial charge in [-0.1, -0.05) is 109 Å². The molecule has 1 amide bonds. The highest BCUT2D eigenvalue weighted by Gasteiger charge is 2.71. The van der Waals surface area contributed by atoms with Crippen LogP contribution in [0.15, 0.2) is 66.9 Å². The third-order valence-electron chi connectivity index (χ3n) is 20.1. The van der Waals surface area contributed by atoms with Gasteiger partial charge in [-0.25, -0.2) is 4.98 Å². The van der Waals surface area contributed by atoms with Crippen LogP contribution in [0.3, 0.4) is 0 Å². The fraction of sp³-hybridized carbons (Fsp3) is 0.667. The minimum absolute atomic E-state index is 0.0214. The Balaban J connectivity index is 0.811. The number of hydrogen-bond acceptors (Lipinski definition) is 6. The molecule has 0 radical (unpaired) electrons. The number of fused-ring (bicyclic) bond motifs is 7. The number of nitrogens with zero attached hydrogens (tertiary/aromatic N) is 2. The van der Waals surface area contributed by atoms with Gasteiger partial charge in [0.25, 0.3) is 0 Å². The van der Waals surface area contributed by atoms with Crippen molar-refractivity contribution < 1.29 is 23.9 Å². The number of nitrogens with one attached hydrogen (secondary N) is 1. The maximum absolute atomic E-state index is 15.3. The molecule has 2 aromatic carbocycles. The number of amides is 1. The van der Waals surface area contributed by atoms with Gasteiger partial charge >= 0.3 is 11.9 Å². The molecule has 13 atom stereocenters. The van der Waals surface area contributed by atoms with E-state index in [2.05, 4.69) is 68.8 Å².